The smallest absolute Gasteiger partial charge is 0.266 e. The summed E-state index contributed by atoms with van der Waals surface area (Å²) in [5, 5.41) is 16.7. The third-order valence-corrected chi connectivity index (χ3v) is 9.87. The zero-order valence-corrected chi connectivity index (χ0v) is 29.1. The van der Waals surface area contributed by atoms with Gasteiger partial charge in [0.1, 0.15) is 36.4 Å². The van der Waals surface area contributed by atoms with Gasteiger partial charge in [0.15, 0.2) is 0 Å². The van der Waals surface area contributed by atoms with Crippen LogP contribution < -0.4 is 20.3 Å². The lowest BCUT2D eigenvalue weighted by atomic mass is 9.98. The Morgan fingerprint density at radius 2 is 1.61 bits per heavy atom. The maximum Gasteiger partial charge on any atom is 0.266 e. The Hall–Kier alpha value is -6.22. The van der Waals surface area contributed by atoms with Gasteiger partial charge in [-0.05, 0) is 84.5 Å². The van der Waals surface area contributed by atoms with Crippen LogP contribution in [0.1, 0.15) is 57.1 Å². The van der Waals surface area contributed by atoms with Crippen molar-refractivity contribution >= 4 is 23.6 Å². The van der Waals surface area contributed by atoms with Crippen LogP contribution in [0.4, 0.5) is 0 Å². The number of nitrogens with one attached hydrogen (secondary N) is 2. The number of hydrogen-bond acceptors (Lipinski definition) is 11. The van der Waals surface area contributed by atoms with Crippen molar-refractivity contribution in [2.24, 2.45) is 0 Å². The first-order chi connectivity index (χ1) is 26.4. The molecule has 0 saturated carbocycles. The molecule has 2 aromatic heterocycles. The van der Waals surface area contributed by atoms with Gasteiger partial charge in [0.25, 0.3) is 11.8 Å². The number of benzene rings is 3. The molecule has 3 N–H and O–H groups in total. The van der Waals surface area contributed by atoms with Crippen molar-refractivity contribution in [3.8, 4) is 39.6 Å². The van der Waals surface area contributed by atoms with Gasteiger partial charge < -0.3 is 19.4 Å². The second kappa shape index (κ2) is 15.0. The molecule has 1 fully saturated rings. The number of piperidine rings is 1. The predicted molar refractivity (Wildman–Crippen MR) is 193 cm³/mol. The normalized spacial score (nSPS) is 17.8. The van der Waals surface area contributed by atoms with E-state index in [-0.39, 0.29) is 62.2 Å². The van der Waals surface area contributed by atoms with Crippen LogP contribution in [-0.2, 0) is 20.7 Å². The van der Waals surface area contributed by atoms with Gasteiger partial charge in [0.05, 0.1) is 36.1 Å². The summed E-state index contributed by atoms with van der Waals surface area (Å²) in [5.41, 5.74) is 9.65. The summed E-state index contributed by atoms with van der Waals surface area (Å²) in [4.78, 5) is 55.3. The number of pyridine rings is 1. The molecule has 5 aromatic rings. The number of nitrogens with zero attached hydrogens (tertiary/aromatic N) is 4. The van der Waals surface area contributed by atoms with Crippen LogP contribution >= 0.6 is 0 Å². The highest BCUT2D eigenvalue weighted by Gasteiger charge is 2.46. The average molecular weight is 729 g/mol. The summed E-state index contributed by atoms with van der Waals surface area (Å²) in [6.45, 7) is 0.892. The molecule has 14 nitrogen and oxygen atoms in total. The largest absolute Gasteiger partial charge is 0.491 e. The summed E-state index contributed by atoms with van der Waals surface area (Å²) in [6, 6.07) is 21.4. The zero-order chi connectivity index (χ0) is 37.2. The number of imide groups is 2. The SMILES string of the molecule is O=C1CCC(N2C(=O)c3cccc(OCCOCCOc4ccc(-n5cc(-c6ccc7c(c6)CCC7NO)c(-c6ccncc6)n5)cc4)c3C2=O)C(=O)N1. The van der Waals surface area contributed by atoms with E-state index in [9.17, 15) is 24.4 Å². The minimum Gasteiger partial charge on any atom is -0.491 e. The Morgan fingerprint density at radius 3 is 2.39 bits per heavy atom. The lowest BCUT2D eigenvalue weighted by molar-refractivity contribution is -0.136. The van der Waals surface area contributed by atoms with Gasteiger partial charge in [0, 0.05) is 36.1 Å². The van der Waals surface area contributed by atoms with E-state index in [0.29, 0.717) is 5.75 Å². The third-order valence-electron chi connectivity index (χ3n) is 9.87. The number of hydroxylamine groups is 1. The van der Waals surface area contributed by atoms with Gasteiger partial charge in [0.2, 0.25) is 11.8 Å². The number of carbonyl (C=O) groups is 4. The Labute approximate surface area is 309 Å². The van der Waals surface area contributed by atoms with Crippen molar-refractivity contribution < 1.29 is 38.6 Å². The Morgan fingerprint density at radius 1 is 0.815 bits per heavy atom. The van der Waals surface area contributed by atoms with E-state index in [4.69, 9.17) is 19.3 Å². The molecule has 274 valence electrons. The van der Waals surface area contributed by atoms with Crippen molar-refractivity contribution in [1.82, 2.24) is 30.5 Å². The van der Waals surface area contributed by atoms with E-state index in [2.05, 4.69) is 34.0 Å². The minimum absolute atomic E-state index is 0.0449. The molecule has 2 atom stereocenters. The van der Waals surface area contributed by atoms with Crippen LogP contribution in [0.3, 0.4) is 0 Å². The molecule has 54 heavy (non-hydrogen) atoms. The molecule has 2 aliphatic heterocycles. The zero-order valence-electron chi connectivity index (χ0n) is 29.1. The van der Waals surface area contributed by atoms with Crippen molar-refractivity contribution in [1.29, 1.82) is 0 Å². The van der Waals surface area contributed by atoms with Crippen molar-refractivity contribution in [2.75, 3.05) is 26.4 Å². The van der Waals surface area contributed by atoms with Crippen molar-refractivity contribution in [3.05, 3.63) is 114 Å². The van der Waals surface area contributed by atoms with Crippen LogP contribution in [0, 0.1) is 0 Å². The predicted octanol–water partition coefficient (Wildman–Crippen LogP) is 4.44. The first-order valence-electron chi connectivity index (χ1n) is 17.7. The highest BCUT2D eigenvalue weighted by atomic mass is 16.5. The van der Waals surface area contributed by atoms with Crippen LogP contribution in [0.25, 0.3) is 28.1 Å². The molecule has 0 radical (unpaired) electrons. The molecule has 1 aliphatic carbocycles. The number of hydrogen-bond donors (Lipinski definition) is 3. The second-order valence-electron chi connectivity index (χ2n) is 13.1. The average Bonchev–Trinajstić information content (AvgIpc) is 3.89. The molecule has 8 rings (SSSR count). The molecule has 4 heterocycles. The Bertz CT molecular complexity index is 2240. The number of rotatable bonds is 13. The number of carbonyl (C=O) groups excluding carboxylic acids is 4. The molecule has 0 bridgehead atoms. The van der Waals surface area contributed by atoms with Gasteiger partial charge in [-0.1, -0.05) is 24.3 Å². The minimum atomic E-state index is -1.05. The lowest BCUT2D eigenvalue weighted by Gasteiger charge is -2.27. The van der Waals surface area contributed by atoms with Crippen molar-refractivity contribution in [3.63, 3.8) is 0 Å². The number of amides is 4. The van der Waals surface area contributed by atoms with E-state index in [0.717, 1.165) is 51.4 Å². The maximum atomic E-state index is 13.2. The highest BCUT2D eigenvalue weighted by molar-refractivity contribution is 6.24. The van der Waals surface area contributed by atoms with Crippen molar-refractivity contribution in [2.45, 2.75) is 37.8 Å². The topological polar surface area (TPSA) is 174 Å². The number of ether oxygens (including phenoxy) is 3. The molecule has 1 saturated heterocycles. The fourth-order valence-electron chi connectivity index (χ4n) is 7.19. The van der Waals surface area contributed by atoms with Crippen LogP contribution in [0.15, 0.2) is 91.4 Å². The molecular weight excluding hydrogens is 692 g/mol. The van der Waals surface area contributed by atoms with Gasteiger partial charge >= 0.3 is 0 Å². The van der Waals surface area contributed by atoms with Crippen LogP contribution in [0.2, 0.25) is 0 Å². The highest BCUT2D eigenvalue weighted by Crippen LogP contribution is 2.38. The van der Waals surface area contributed by atoms with E-state index >= 15 is 0 Å². The number of fused-ring (bicyclic) bond motifs is 2. The molecule has 0 spiro atoms. The van der Waals surface area contributed by atoms with E-state index in [1.807, 2.05) is 47.3 Å². The Kier molecular flexibility index (Phi) is 9.69. The summed E-state index contributed by atoms with van der Waals surface area (Å²) >= 11 is 0. The molecular formula is C40H36N6O8. The van der Waals surface area contributed by atoms with Gasteiger partial charge in [-0.2, -0.15) is 10.6 Å². The summed E-state index contributed by atoms with van der Waals surface area (Å²) in [7, 11) is 0. The first kappa shape index (κ1) is 34.8. The Balaban J connectivity index is 0.851. The molecule has 14 heteroatoms. The van der Waals surface area contributed by atoms with Gasteiger partial charge in [-0.15, -0.1) is 0 Å². The monoisotopic (exact) mass is 728 g/mol. The molecule has 2 unspecified atom stereocenters. The third kappa shape index (κ3) is 6.73. The van der Waals surface area contributed by atoms with E-state index in [1.165, 1.54) is 11.6 Å². The lowest BCUT2D eigenvalue weighted by Crippen LogP contribution is -2.54. The second-order valence-corrected chi connectivity index (χ2v) is 13.1. The van der Waals surface area contributed by atoms with Crippen LogP contribution in [-0.4, -0.2) is 81.0 Å². The van der Waals surface area contributed by atoms with Gasteiger partial charge in [-0.3, -0.25) is 34.4 Å². The summed E-state index contributed by atoms with van der Waals surface area (Å²) in [6.07, 6.45) is 7.38. The maximum absolute atomic E-state index is 13.2. The molecule has 3 aromatic carbocycles. The summed E-state index contributed by atoms with van der Waals surface area (Å²) < 4.78 is 19.2. The molecule has 4 amide bonds. The van der Waals surface area contributed by atoms with Gasteiger partial charge in [-0.25, -0.2) is 4.68 Å². The van der Waals surface area contributed by atoms with E-state index in [1.54, 1.807) is 24.5 Å². The molecule has 3 aliphatic rings. The first-order valence-corrected chi connectivity index (χ1v) is 17.7. The summed E-state index contributed by atoms with van der Waals surface area (Å²) in [5.74, 6) is -1.43. The fraction of sp³-hybridized carbons (Fsp3) is 0.250. The number of aryl methyl sites for hydroxylation is 1. The van der Waals surface area contributed by atoms with E-state index < -0.39 is 29.7 Å². The standard InChI is InChI=1S/C40H36N6O8/c47-35-13-12-33(38(48)42-35)46-39(49)30-2-1-3-34(36(30)40(46)50)54-21-19-52-18-20-53-28-8-6-27(7-9-28)45-23-31(37(43-45)24-14-16-41-17-15-24)26-4-10-29-25(22-26)5-11-32(29)44-51/h1-4,6-10,14-17,22-23,32-33,44,51H,5,11-13,18-21H2,(H,42,47,48). The number of aromatic nitrogens is 3. The fourth-order valence-corrected chi connectivity index (χ4v) is 7.19. The quantitative estimate of drug-likeness (QED) is 0.0889. The van der Waals surface area contributed by atoms with Crippen LogP contribution in [0.5, 0.6) is 11.5 Å².